The summed E-state index contributed by atoms with van der Waals surface area (Å²) in [4.78, 5) is 0. The van der Waals surface area contributed by atoms with Crippen LogP contribution in [0.15, 0.2) is 0 Å². The van der Waals surface area contributed by atoms with Gasteiger partial charge in [0.25, 0.3) is 0 Å². The molecule has 0 aliphatic heterocycles. The maximum atomic E-state index is 4.58. The third-order valence-electron chi connectivity index (χ3n) is 0. The zero-order chi connectivity index (χ0) is 3.58. The molecule has 0 aromatic carbocycles. The summed E-state index contributed by atoms with van der Waals surface area (Å²) in [5.41, 5.74) is 0. The van der Waals surface area contributed by atoms with Crippen LogP contribution in [0.5, 0.6) is 0 Å². The van der Waals surface area contributed by atoms with Gasteiger partial charge in [0.15, 0.2) is 0 Å². The fourth-order valence-electron chi connectivity index (χ4n) is 0. The van der Waals surface area contributed by atoms with Gasteiger partial charge < -0.3 is 5.92 Å². The Labute approximate surface area is 47.6 Å². The van der Waals surface area contributed by atoms with E-state index in [1.165, 1.54) is 0 Å². The zero-order valence-electron chi connectivity index (χ0n) is 2.55. The Morgan fingerprint density at radius 2 is 1.00 bits per heavy atom. The van der Waals surface area contributed by atoms with Crippen molar-refractivity contribution in [3.05, 3.63) is 26.7 Å². The summed E-state index contributed by atoms with van der Waals surface area (Å²) in [5, 5.41) is 0. The van der Waals surface area contributed by atoms with Gasteiger partial charge in [0.2, 0.25) is 0 Å². The molecule has 0 saturated carbocycles. The molecule has 0 unspecified atom stereocenters. The summed E-state index contributed by atoms with van der Waals surface area (Å²) in [6.07, 6.45) is 0. The predicted molar refractivity (Wildman–Crippen MR) is 16.1 cm³/mol. The van der Waals surface area contributed by atoms with Crippen molar-refractivity contribution >= 4 is 0 Å². The Bertz CT molecular complexity index is 8.36. The van der Waals surface area contributed by atoms with Crippen molar-refractivity contribution in [3.8, 4) is 0 Å². The van der Waals surface area contributed by atoms with Crippen LogP contribution in [0, 0.1) is 26.7 Å². The van der Waals surface area contributed by atoms with Gasteiger partial charge in [-0.2, -0.15) is 0 Å². The molecule has 0 fully saturated rings. The standard InChI is InChI=1S/C4H3.Pd/c1-4(2)3;/h1-3H;/q-1;. The third-order valence-corrected chi connectivity index (χ3v) is 0. The Morgan fingerprint density at radius 1 is 1.00 bits per heavy atom. The minimum atomic E-state index is -0.0833. The molecule has 0 aromatic heterocycles. The van der Waals surface area contributed by atoms with Crippen molar-refractivity contribution in [1.82, 2.24) is 0 Å². The molecule has 5 heavy (non-hydrogen) atoms. The van der Waals surface area contributed by atoms with Crippen LogP contribution in [0.4, 0.5) is 0 Å². The van der Waals surface area contributed by atoms with E-state index in [-0.39, 0.29) is 26.3 Å². The first kappa shape index (κ1) is 9.18. The van der Waals surface area contributed by atoms with Crippen LogP contribution < -0.4 is 0 Å². The third kappa shape index (κ3) is 75.3. The summed E-state index contributed by atoms with van der Waals surface area (Å²) in [6.45, 7) is 13.8. The molecule has 0 aliphatic carbocycles. The van der Waals surface area contributed by atoms with E-state index in [1.807, 2.05) is 0 Å². The second kappa shape index (κ2) is 4.66. The first-order valence-electron chi connectivity index (χ1n) is 0.866. The zero-order valence-corrected chi connectivity index (χ0v) is 4.10. The molecule has 0 heterocycles. The Hall–Kier alpha value is 0.662. The molecular formula is C4H3Pd-. The number of hydrogen-bond acceptors (Lipinski definition) is 0. The molecule has 0 rings (SSSR count). The number of rotatable bonds is 0. The van der Waals surface area contributed by atoms with Crippen molar-refractivity contribution in [2.75, 3.05) is 0 Å². The number of hydrogen-bond donors (Lipinski definition) is 0. The Morgan fingerprint density at radius 3 is 1.00 bits per heavy atom. The van der Waals surface area contributed by atoms with E-state index in [4.69, 9.17) is 0 Å². The predicted octanol–water partition coefficient (Wildman–Crippen LogP) is 0.692. The monoisotopic (exact) mass is 157 g/mol. The molecule has 30 valence electrons. The summed E-state index contributed by atoms with van der Waals surface area (Å²) < 4.78 is 0. The van der Waals surface area contributed by atoms with Crippen LogP contribution >= 0.6 is 0 Å². The van der Waals surface area contributed by atoms with E-state index < -0.39 is 0 Å². The maximum absolute atomic E-state index is 4.58. The van der Waals surface area contributed by atoms with Crippen LogP contribution in [-0.4, -0.2) is 0 Å². The summed E-state index contributed by atoms with van der Waals surface area (Å²) in [5.74, 6) is -0.0833. The van der Waals surface area contributed by atoms with Gasteiger partial charge in [0, 0.05) is 20.4 Å². The summed E-state index contributed by atoms with van der Waals surface area (Å²) >= 11 is 0. The molecule has 0 aromatic rings. The largest absolute Gasteiger partial charge is 0.318 e. The molecule has 0 spiro atoms. The smallest absolute Gasteiger partial charge is 0 e. The molecular weight excluding hydrogens is 154 g/mol. The Balaban J connectivity index is 0. The van der Waals surface area contributed by atoms with E-state index in [0.717, 1.165) is 0 Å². The van der Waals surface area contributed by atoms with Crippen molar-refractivity contribution in [1.29, 1.82) is 0 Å². The van der Waals surface area contributed by atoms with Gasteiger partial charge in [0.1, 0.15) is 0 Å². The fourth-order valence-corrected chi connectivity index (χ4v) is 0. The SMILES string of the molecule is [CH][C-]([CH])[CH].[Pd]. The van der Waals surface area contributed by atoms with Crippen LogP contribution in [-0.2, 0) is 20.4 Å². The fraction of sp³-hybridized carbons (Fsp3) is 0. The molecule has 1 heteroatoms. The average Bonchev–Trinajstić information content (AvgIpc) is 0.811. The first-order chi connectivity index (χ1) is 1.73. The van der Waals surface area contributed by atoms with E-state index in [9.17, 15) is 0 Å². The molecule has 0 aliphatic rings. The van der Waals surface area contributed by atoms with Crippen molar-refractivity contribution in [2.45, 2.75) is 0 Å². The maximum Gasteiger partial charge on any atom is 0 e. The van der Waals surface area contributed by atoms with Crippen molar-refractivity contribution in [2.24, 2.45) is 0 Å². The first-order valence-corrected chi connectivity index (χ1v) is 0.866. The van der Waals surface area contributed by atoms with Crippen molar-refractivity contribution in [3.63, 3.8) is 0 Å². The average molecular weight is 157 g/mol. The van der Waals surface area contributed by atoms with Crippen molar-refractivity contribution < 1.29 is 20.4 Å². The van der Waals surface area contributed by atoms with Gasteiger partial charge in [-0.15, -0.1) is 0 Å². The molecule has 0 bridgehead atoms. The summed E-state index contributed by atoms with van der Waals surface area (Å²) in [7, 11) is 0. The molecule has 0 amide bonds. The van der Waals surface area contributed by atoms with Gasteiger partial charge in [-0.1, -0.05) is 0 Å². The van der Waals surface area contributed by atoms with E-state index in [0.29, 0.717) is 0 Å². The Kier molecular flexibility index (Phi) is 8.56. The van der Waals surface area contributed by atoms with E-state index >= 15 is 0 Å². The minimum absolute atomic E-state index is 0. The van der Waals surface area contributed by atoms with Gasteiger partial charge in [-0.25, -0.2) is 20.8 Å². The quantitative estimate of drug-likeness (QED) is 0.359. The molecule has 0 saturated heterocycles. The van der Waals surface area contributed by atoms with Gasteiger partial charge in [-0.3, -0.25) is 0 Å². The minimum Gasteiger partial charge on any atom is -0.318 e. The molecule has 0 atom stereocenters. The van der Waals surface area contributed by atoms with Gasteiger partial charge in [0.05, 0.1) is 0 Å². The summed E-state index contributed by atoms with van der Waals surface area (Å²) in [6, 6.07) is 0. The van der Waals surface area contributed by atoms with Crippen LogP contribution in [0.2, 0.25) is 0 Å². The van der Waals surface area contributed by atoms with Crippen LogP contribution in [0.3, 0.4) is 0 Å². The molecule has 0 nitrogen and oxygen atoms in total. The topological polar surface area (TPSA) is 0 Å². The van der Waals surface area contributed by atoms with E-state index in [1.54, 1.807) is 0 Å². The van der Waals surface area contributed by atoms with Gasteiger partial charge >= 0.3 is 0 Å². The normalized spacial score (nSPS) is 7.20. The van der Waals surface area contributed by atoms with Crippen LogP contribution in [0.1, 0.15) is 0 Å². The second-order valence-corrected chi connectivity index (χ2v) is 0.500. The second-order valence-electron chi connectivity index (χ2n) is 0.500. The van der Waals surface area contributed by atoms with Crippen LogP contribution in [0.25, 0.3) is 0 Å². The molecule has 6 radical (unpaired) electrons. The van der Waals surface area contributed by atoms with Gasteiger partial charge in [-0.05, 0) is 0 Å². The molecule has 0 N–H and O–H groups in total. The van der Waals surface area contributed by atoms with E-state index in [2.05, 4.69) is 20.8 Å².